The van der Waals surface area contributed by atoms with Crippen LogP contribution < -0.4 is 5.32 Å². The van der Waals surface area contributed by atoms with E-state index in [0.717, 1.165) is 35.1 Å². The van der Waals surface area contributed by atoms with Crippen molar-refractivity contribution in [3.63, 3.8) is 0 Å². The lowest BCUT2D eigenvalue weighted by Gasteiger charge is -2.05. The molecule has 0 fully saturated rings. The van der Waals surface area contributed by atoms with Crippen LogP contribution >= 0.6 is 11.8 Å². The second-order valence-electron chi connectivity index (χ2n) is 3.34. The summed E-state index contributed by atoms with van der Waals surface area (Å²) in [7, 11) is 0. The molecule has 0 amide bonds. The molecule has 1 aromatic carbocycles. The molecule has 1 aliphatic rings. The first kappa shape index (κ1) is 10.5. The monoisotopic (exact) mass is 224 g/mol. The highest BCUT2D eigenvalue weighted by molar-refractivity contribution is 8.14. The number of benzene rings is 1. The zero-order chi connectivity index (χ0) is 10.5. The number of thioether (sulfide) groups is 1. The van der Waals surface area contributed by atoms with Gasteiger partial charge in [-0.3, -0.25) is 4.99 Å². The minimum Gasteiger partial charge on any atom is -0.361 e. The Morgan fingerprint density at radius 2 is 2.00 bits per heavy atom. The molecule has 0 aromatic heterocycles. The van der Waals surface area contributed by atoms with E-state index in [9.17, 15) is 4.39 Å². The maximum absolute atomic E-state index is 12.3. The number of hydrogen-bond acceptors (Lipinski definition) is 3. The number of alkyl halides is 1. The molecule has 1 aliphatic heterocycles. The first-order valence-electron chi connectivity index (χ1n) is 4.93. The van der Waals surface area contributed by atoms with Crippen molar-refractivity contribution in [2.45, 2.75) is 13.2 Å². The SMILES string of the molecule is FCc1ccc(CNC2=NCCS2)cc1. The smallest absolute Gasteiger partial charge is 0.156 e. The van der Waals surface area contributed by atoms with Crippen LogP contribution in [0.2, 0.25) is 0 Å². The Bertz CT molecular complexity index is 348. The van der Waals surface area contributed by atoms with Gasteiger partial charge in [-0.25, -0.2) is 4.39 Å². The Hall–Kier alpha value is -1.03. The molecule has 1 N–H and O–H groups in total. The van der Waals surface area contributed by atoms with Gasteiger partial charge in [-0.2, -0.15) is 0 Å². The van der Waals surface area contributed by atoms with Crippen LogP contribution in [0.4, 0.5) is 4.39 Å². The highest BCUT2D eigenvalue weighted by atomic mass is 32.2. The number of nitrogens with one attached hydrogen (secondary N) is 1. The molecule has 1 heterocycles. The van der Waals surface area contributed by atoms with Crippen LogP contribution in [-0.4, -0.2) is 17.5 Å². The molecule has 15 heavy (non-hydrogen) atoms. The normalized spacial score (nSPS) is 15.1. The average molecular weight is 224 g/mol. The van der Waals surface area contributed by atoms with Crippen molar-refractivity contribution in [1.82, 2.24) is 5.32 Å². The molecule has 0 aliphatic carbocycles. The number of halogens is 1. The fraction of sp³-hybridized carbons (Fsp3) is 0.364. The summed E-state index contributed by atoms with van der Waals surface area (Å²) in [5, 5.41) is 4.27. The van der Waals surface area contributed by atoms with Crippen LogP contribution in [0, 0.1) is 0 Å². The number of amidine groups is 1. The van der Waals surface area contributed by atoms with Gasteiger partial charge in [0.15, 0.2) is 5.17 Å². The predicted molar refractivity (Wildman–Crippen MR) is 62.9 cm³/mol. The minimum absolute atomic E-state index is 0.393. The maximum Gasteiger partial charge on any atom is 0.156 e. The van der Waals surface area contributed by atoms with Gasteiger partial charge in [-0.1, -0.05) is 36.0 Å². The van der Waals surface area contributed by atoms with E-state index in [4.69, 9.17) is 0 Å². The molecule has 0 atom stereocenters. The largest absolute Gasteiger partial charge is 0.361 e. The summed E-state index contributed by atoms with van der Waals surface area (Å²) >= 11 is 1.75. The van der Waals surface area contributed by atoms with E-state index in [1.54, 1.807) is 11.8 Å². The predicted octanol–water partition coefficient (Wildman–Crippen LogP) is 2.35. The Kier molecular flexibility index (Phi) is 3.61. The van der Waals surface area contributed by atoms with Crippen molar-refractivity contribution in [1.29, 1.82) is 0 Å². The second-order valence-corrected chi connectivity index (χ2v) is 4.42. The number of hydrogen-bond donors (Lipinski definition) is 1. The van der Waals surface area contributed by atoms with E-state index < -0.39 is 6.67 Å². The summed E-state index contributed by atoms with van der Waals surface area (Å²) in [5.74, 6) is 1.07. The Morgan fingerprint density at radius 3 is 2.60 bits per heavy atom. The highest BCUT2D eigenvalue weighted by Gasteiger charge is 2.05. The van der Waals surface area contributed by atoms with Gasteiger partial charge in [0, 0.05) is 12.3 Å². The molecule has 0 unspecified atom stereocenters. The third kappa shape index (κ3) is 2.96. The number of aliphatic imine (C=N–C) groups is 1. The zero-order valence-electron chi connectivity index (χ0n) is 8.37. The summed E-state index contributed by atoms with van der Waals surface area (Å²) in [6, 6.07) is 7.53. The highest BCUT2D eigenvalue weighted by Crippen LogP contribution is 2.10. The van der Waals surface area contributed by atoms with Gasteiger partial charge < -0.3 is 5.32 Å². The molecule has 0 saturated heterocycles. The van der Waals surface area contributed by atoms with Gasteiger partial charge in [0.05, 0.1) is 6.54 Å². The average Bonchev–Trinajstić information content (AvgIpc) is 2.80. The van der Waals surface area contributed by atoms with Crippen LogP contribution in [0.25, 0.3) is 0 Å². The number of rotatable bonds is 3. The standard InChI is InChI=1S/C11H13FN2S/c12-7-9-1-3-10(4-2-9)8-14-11-13-5-6-15-11/h1-4H,5-8H2,(H,13,14). The fourth-order valence-corrected chi connectivity index (χ4v) is 2.10. The molecular weight excluding hydrogens is 211 g/mol. The van der Waals surface area contributed by atoms with Gasteiger partial charge in [0.2, 0.25) is 0 Å². The Morgan fingerprint density at radius 1 is 1.27 bits per heavy atom. The first-order valence-corrected chi connectivity index (χ1v) is 5.92. The molecule has 0 spiro atoms. The quantitative estimate of drug-likeness (QED) is 0.852. The molecular formula is C11H13FN2S. The minimum atomic E-state index is -0.393. The molecule has 0 bridgehead atoms. The maximum atomic E-state index is 12.3. The van der Waals surface area contributed by atoms with Crippen LogP contribution in [-0.2, 0) is 13.2 Å². The van der Waals surface area contributed by atoms with Crippen molar-refractivity contribution in [3.05, 3.63) is 35.4 Å². The lowest BCUT2D eigenvalue weighted by atomic mass is 10.1. The topological polar surface area (TPSA) is 24.4 Å². The summed E-state index contributed by atoms with van der Waals surface area (Å²) in [4.78, 5) is 4.29. The summed E-state index contributed by atoms with van der Waals surface area (Å²) in [5.41, 5.74) is 1.88. The van der Waals surface area contributed by atoms with E-state index >= 15 is 0 Å². The van der Waals surface area contributed by atoms with Crippen LogP contribution in [0.15, 0.2) is 29.3 Å². The lowest BCUT2D eigenvalue weighted by Crippen LogP contribution is -2.18. The second kappa shape index (κ2) is 5.16. The van der Waals surface area contributed by atoms with Gasteiger partial charge in [0.25, 0.3) is 0 Å². The molecule has 0 saturated carbocycles. The third-order valence-corrected chi connectivity index (χ3v) is 3.14. The van der Waals surface area contributed by atoms with Crippen molar-refractivity contribution in [2.24, 2.45) is 4.99 Å². The van der Waals surface area contributed by atoms with E-state index in [0.29, 0.717) is 0 Å². The van der Waals surface area contributed by atoms with Crippen LogP contribution in [0.1, 0.15) is 11.1 Å². The molecule has 80 valence electrons. The van der Waals surface area contributed by atoms with Gasteiger partial charge >= 0.3 is 0 Å². The fourth-order valence-electron chi connectivity index (χ4n) is 1.37. The zero-order valence-corrected chi connectivity index (χ0v) is 9.19. The molecule has 0 radical (unpaired) electrons. The van der Waals surface area contributed by atoms with Crippen molar-refractivity contribution in [2.75, 3.05) is 12.3 Å². The molecule has 2 nitrogen and oxygen atoms in total. The van der Waals surface area contributed by atoms with E-state index in [2.05, 4.69) is 10.3 Å². The van der Waals surface area contributed by atoms with Crippen LogP contribution in [0.3, 0.4) is 0 Å². The summed E-state index contributed by atoms with van der Waals surface area (Å²) in [6.07, 6.45) is 0. The Labute approximate surface area is 93.0 Å². The Balaban J connectivity index is 1.87. The van der Waals surface area contributed by atoms with Crippen molar-refractivity contribution in [3.8, 4) is 0 Å². The van der Waals surface area contributed by atoms with E-state index in [-0.39, 0.29) is 0 Å². The molecule has 2 rings (SSSR count). The first-order chi connectivity index (χ1) is 7.38. The van der Waals surface area contributed by atoms with E-state index in [1.807, 2.05) is 24.3 Å². The number of nitrogens with zero attached hydrogens (tertiary/aromatic N) is 1. The lowest BCUT2D eigenvalue weighted by molar-refractivity contribution is 0.485. The van der Waals surface area contributed by atoms with Gasteiger partial charge in [-0.05, 0) is 11.1 Å². The molecule has 4 heteroatoms. The van der Waals surface area contributed by atoms with Crippen molar-refractivity contribution < 1.29 is 4.39 Å². The third-order valence-electron chi connectivity index (χ3n) is 2.21. The van der Waals surface area contributed by atoms with Crippen LogP contribution in [0.5, 0.6) is 0 Å². The van der Waals surface area contributed by atoms with E-state index in [1.165, 1.54) is 0 Å². The van der Waals surface area contributed by atoms with Gasteiger partial charge in [0.1, 0.15) is 6.67 Å². The summed E-state index contributed by atoms with van der Waals surface area (Å²) in [6.45, 7) is 1.28. The van der Waals surface area contributed by atoms with Crippen molar-refractivity contribution >= 4 is 16.9 Å². The summed E-state index contributed by atoms with van der Waals surface area (Å²) < 4.78 is 12.3. The molecule has 1 aromatic rings. The van der Waals surface area contributed by atoms with Gasteiger partial charge in [-0.15, -0.1) is 0 Å².